The Labute approximate surface area is 163 Å². The molecule has 27 heavy (non-hydrogen) atoms. The van der Waals surface area contributed by atoms with Crippen LogP contribution in [0.15, 0.2) is 85.2 Å². The summed E-state index contributed by atoms with van der Waals surface area (Å²) in [6, 6.07) is 18.8. The summed E-state index contributed by atoms with van der Waals surface area (Å²) in [6.45, 7) is 0.409. The van der Waals surface area contributed by atoms with Crippen LogP contribution in [-0.4, -0.2) is 10.8 Å². The van der Waals surface area contributed by atoms with Crippen molar-refractivity contribution in [2.45, 2.75) is 6.61 Å². The molecule has 1 heterocycles. The van der Waals surface area contributed by atoms with Gasteiger partial charge in [-0.15, -0.1) is 0 Å². The van der Waals surface area contributed by atoms with Gasteiger partial charge in [0.25, 0.3) is 0 Å². The zero-order chi connectivity index (χ0) is 18.9. The number of benzene rings is 2. The van der Waals surface area contributed by atoms with Crippen LogP contribution in [-0.2, 0) is 11.4 Å². The summed E-state index contributed by atoms with van der Waals surface area (Å²) >= 11 is 6.12. The monoisotopic (exact) mass is 375 g/mol. The summed E-state index contributed by atoms with van der Waals surface area (Å²) in [5.74, 6) is 0.660. The Morgan fingerprint density at radius 1 is 0.926 bits per heavy atom. The highest BCUT2D eigenvalue weighted by Crippen LogP contribution is 2.19. The van der Waals surface area contributed by atoms with Gasteiger partial charge in [0, 0.05) is 23.0 Å². The Morgan fingerprint density at radius 2 is 1.67 bits per heavy atom. The summed E-state index contributed by atoms with van der Waals surface area (Å²) in [7, 11) is 0. The summed E-state index contributed by atoms with van der Waals surface area (Å²) in [5, 5.41) is 0.690. The lowest BCUT2D eigenvalue weighted by atomic mass is 10.1. The maximum Gasteiger partial charge on any atom is 0.178 e. The van der Waals surface area contributed by atoms with Crippen molar-refractivity contribution >= 4 is 29.5 Å². The molecule has 0 amide bonds. The second kappa shape index (κ2) is 9.51. The van der Waals surface area contributed by atoms with Crippen molar-refractivity contribution in [1.29, 1.82) is 0 Å². The first-order chi connectivity index (χ1) is 13.2. The van der Waals surface area contributed by atoms with Crippen LogP contribution in [0.1, 0.15) is 16.7 Å². The molecule has 0 radical (unpaired) electrons. The van der Waals surface area contributed by atoms with Gasteiger partial charge in [-0.25, -0.2) is 0 Å². The van der Waals surface area contributed by atoms with E-state index in [0.717, 1.165) is 22.4 Å². The number of hydrogen-bond acceptors (Lipinski definition) is 3. The molecule has 0 aliphatic rings. The normalized spacial score (nSPS) is 11.1. The molecule has 0 fully saturated rings. The molecule has 0 bridgehead atoms. The fraction of sp³-hybridized carbons (Fsp3) is 0.0435. The van der Waals surface area contributed by atoms with Gasteiger partial charge in [0.1, 0.15) is 12.4 Å². The Hall–Kier alpha value is -3.17. The quantitative estimate of drug-likeness (QED) is 0.504. The average molecular weight is 376 g/mol. The van der Waals surface area contributed by atoms with Crippen LogP contribution in [0.3, 0.4) is 0 Å². The second-order valence-corrected chi connectivity index (χ2v) is 6.21. The highest BCUT2D eigenvalue weighted by Gasteiger charge is 2.00. The minimum Gasteiger partial charge on any atom is -0.489 e. The van der Waals surface area contributed by atoms with Crippen LogP contribution in [0.2, 0.25) is 5.02 Å². The van der Waals surface area contributed by atoms with Crippen LogP contribution in [0.4, 0.5) is 0 Å². The van der Waals surface area contributed by atoms with Crippen molar-refractivity contribution < 1.29 is 9.53 Å². The van der Waals surface area contributed by atoms with Gasteiger partial charge in [-0.3, -0.25) is 9.78 Å². The van der Waals surface area contributed by atoms with Crippen LogP contribution in [0, 0.1) is 0 Å². The summed E-state index contributed by atoms with van der Waals surface area (Å²) in [5.41, 5.74) is 2.75. The van der Waals surface area contributed by atoms with Gasteiger partial charge in [-0.05, 0) is 53.6 Å². The minimum atomic E-state index is -0.0853. The van der Waals surface area contributed by atoms with Gasteiger partial charge in [0.2, 0.25) is 0 Å². The van der Waals surface area contributed by atoms with E-state index in [9.17, 15) is 4.79 Å². The van der Waals surface area contributed by atoms with E-state index in [2.05, 4.69) is 4.98 Å². The largest absolute Gasteiger partial charge is 0.489 e. The number of ketones is 1. The highest BCUT2D eigenvalue weighted by atomic mass is 35.5. The summed E-state index contributed by atoms with van der Waals surface area (Å²) < 4.78 is 5.75. The maximum atomic E-state index is 11.9. The average Bonchev–Trinajstić information content (AvgIpc) is 2.72. The number of halogens is 1. The number of ether oxygens (including phenoxy) is 1. The van der Waals surface area contributed by atoms with Crippen molar-refractivity contribution in [2.24, 2.45) is 0 Å². The lowest BCUT2D eigenvalue weighted by Gasteiger charge is -2.07. The van der Waals surface area contributed by atoms with Gasteiger partial charge >= 0.3 is 0 Å². The first-order valence-corrected chi connectivity index (χ1v) is 8.85. The third-order valence-electron chi connectivity index (χ3n) is 3.80. The van der Waals surface area contributed by atoms with E-state index in [1.165, 1.54) is 12.2 Å². The molecule has 3 aromatic rings. The lowest BCUT2D eigenvalue weighted by Crippen LogP contribution is -1.95. The van der Waals surface area contributed by atoms with E-state index >= 15 is 0 Å². The molecule has 134 valence electrons. The number of rotatable bonds is 7. The van der Waals surface area contributed by atoms with Crippen molar-refractivity contribution in [2.75, 3.05) is 0 Å². The van der Waals surface area contributed by atoms with Crippen molar-refractivity contribution in [3.63, 3.8) is 0 Å². The highest BCUT2D eigenvalue weighted by molar-refractivity contribution is 6.31. The molecular weight excluding hydrogens is 358 g/mol. The minimum absolute atomic E-state index is 0.0853. The third-order valence-corrected chi connectivity index (χ3v) is 4.17. The molecule has 0 atom stereocenters. The summed E-state index contributed by atoms with van der Waals surface area (Å²) in [6.07, 6.45) is 9.97. The molecule has 0 aliphatic carbocycles. The zero-order valence-corrected chi connectivity index (χ0v) is 15.3. The van der Waals surface area contributed by atoms with Crippen molar-refractivity contribution in [3.05, 3.63) is 107 Å². The fourth-order valence-electron chi connectivity index (χ4n) is 2.34. The first kappa shape index (κ1) is 18.6. The number of nitrogens with zero attached hydrogens (tertiary/aromatic N) is 1. The number of allylic oxidation sites excluding steroid dienone is 2. The SMILES string of the molecule is O=C(C=Cc1ccc(OCc2ccccc2Cl)cc1)C=Cc1cccnc1. The van der Waals surface area contributed by atoms with E-state index in [-0.39, 0.29) is 5.78 Å². The van der Waals surface area contributed by atoms with Crippen molar-refractivity contribution in [3.8, 4) is 5.75 Å². The number of carbonyl (C=O) groups is 1. The van der Waals surface area contributed by atoms with Gasteiger partial charge in [0.15, 0.2) is 5.78 Å². The predicted molar refractivity (Wildman–Crippen MR) is 110 cm³/mol. The van der Waals surface area contributed by atoms with Crippen LogP contribution in [0.25, 0.3) is 12.2 Å². The molecule has 0 unspecified atom stereocenters. The standard InChI is InChI=1S/C23H18ClNO2/c24-23-6-2-1-5-20(23)17-27-22-13-9-18(10-14-22)7-11-21(26)12-8-19-4-3-15-25-16-19/h1-16H,17H2. The number of hydrogen-bond donors (Lipinski definition) is 0. The van der Waals surface area contributed by atoms with Gasteiger partial charge in [-0.2, -0.15) is 0 Å². The molecule has 0 saturated carbocycles. The third kappa shape index (κ3) is 5.94. The molecule has 0 N–H and O–H groups in total. The Kier molecular flexibility index (Phi) is 6.55. The molecule has 3 rings (SSSR count). The molecule has 3 nitrogen and oxygen atoms in total. The van der Waals surface area contributed by atoms with Gasteiger partial charge < -0.3 is 4.74 Å². The predicted octanol–water partition coefficient (Wildman–Crippen LogP) is 5.61. The molecule has 0 saturated heterocycles. The molecule has 4 heteroatoms. The number of carbonyl (C=O) groups excluding carboxylic acids is 1. The number of aromatic nitrogens is 1. The smallest absolute Gasteiger partial charge is 0.178 e. The summed E-state index contributed by atoms with van der Waals surface area (Å²) in [4.78, 5) is 15.9. The maximum absolute atomic E-state index is 11.9. The van der Waals surface area contributed by atoms with Crippen LogP contribution in [0.5, 0.6) is 5.75 Å². The molecule has 2 aromatic carbocycles. The second-order valence-electron chi connectivity index (χ2n) is 5.80. The Bertz CT molecular complexity index is 948. The van der Waals surface area contributed by atoms with E-state index in [1.54, 1.807) is 24.5 Å². The Morgan fingerprint density at radius 3 is 2.37 bits per heavy atom. The van der Waals surface area contributed by atoms with E-state index in [1.807, 2.05) is 60.7 Å². The van der Waals surface area contributed by atoms with Crippen LogP contribution >= 0.6 is 11.6 Å². The van der Waals surface area contributed by atoms with E-state index < -0.39 is 0 Å². The van der Waals surface area contributed by atoms with E-state index in [4.69, 9.17) is 16.3 Å². The van der Waals surface area contributed by atoms with Crippen LogP contribution < -0.4 is 4.74 Å². The van der Waals surface area contributed by atoms with Gasteiger partial charge in [-0.1, -0.05) is 54.1 Å². The molecule has 0 aliphatic heterocycles. The molecule has 0 spiro atoms. The molecule has 1 aromatic heterocycles. The van der Waals surface area contributed by atoms with E-state index in [0.29, 0.717) is 11.6 Å². The molecular formula is C23H18ClNO2. The topological polar surface area (TPSA) is 39.2 Å². The number of pyridine rings is 1. The zero-order valence-electron chi connectivity index (χ0n) is 14.6. The lowest BCUT2D eigenvalue weighted by molar-refractivity contribution is -0.110. The Balaban J connectivity index is 1.54. The van der Waals surface area contributed by atoms with Crippen molar-refractivity contribution in [1.82, 2.24) is 4.98 Å². The first-order valence-electron chi connectivity index (χ1n) is 8.47. The van der Waals surface area contributed by atoms with Gasteiger partial charge in [0.05, 0.1) is 0 Å². The fourth-order valence-corrected chi connectivity index (χ4v) is 2.53.